The second-order valence-electron chi connectivity index (χ2n) is 6.19. The number of halogens is 4. The fourth-order valence-electron chi connectivity index (χ4n) is 2.93. The van der Waals surface area contributed by atoms with E-state index >= 15 is 0 Å². The fraction of sp³-hybridized carbons (Fsp3) is 0.263. The number of esters is 1. The Hall–Kier alpha value is -2.94. The number of urea groups is 1. The molecule has 10 heteroatoms. The van der Waals surface area contributed by atoms with Crippen LogP contribution in [-0.2, 0) is 15.7 Å². The van der Waals surface area contributed by atoms with Crippen molar-refractivity contribution < 1.29 is 31.9 Å². The van der Waals surface area contributed by atoms with Crippen molar-refractivity contribution in [3.05, 3.63) is 57.9 Å². The zero-order valence-corrected chi connectivity index (χ0v) is 16.1. The van der Waals surface area contributed by atoms with Gasteiger partial charge in [0.05, 0.1) is 22.8 Å². The van der Waals surface area contributed by atoms with Gasteiger partial charge in [0.15, 0.2) is 0 Å². The summed E-state index contributed by atoms with van der Waals surface area (Å²) < 4.78 is 49.2. The molecule has 1 aliphatic heterocycles. The van der Waals surface area contributed by atoms with Crippen LogP contribution >= 0.6 is 11.6 Å². The lowest BCUT2D eigenvalue weighted by atomic mass is 10.0. The van der Waals surface area contributed by atoms with Gasteiger partial charge in [-0.2, -0.15) is 13.2 Å². The van der Waals surface area contributed by atoms with Crippen molar-refractivity contribution in [1.82, 2.24) is 10.6 Å². The average molecular weight is 429 g/mol. The van der Waals surface area contributed by atoms with E-state index in [1.54, 1.807) is 13.8 Å². The molecular formula is C19H16ClF3N2O4. The van der Waals surface area contributed by atoms with Crippen LogP contribution in [0.25, 0.3) is 11.3 Å². The van der Waals surface area contributed by atoms with E-state index in [1.165, 1.54) is 18.2 Å². The minimum Gasteiger partial charge on any atom is -0.463 e. The van der Waals surface area contributed by atoms with Crippen molar-refractivity contribution in [2.75, 3.05) is 6.61 Å². The molecule has 1 aliphatic rings. The smallest absolute Gasteiger partial charge is 0.416 e. The molecule has 2 aromatic rings. The van der Waals surface area contributed by atoms with E-state index < -0.39 is 29.8 Å². The number of hydrogen-bond acceptors (Lipinski definition) is 4. The lowest BCUT2D eigenvalue weighted by Crippen LogP contribution is -2.45. The number of furan rings is 1. The molecule has 154 valence electrons. The largest absolute Gasteiger partial charge is 0.463 e. The van der Waals surface area contributed by atoms with E-state index in [0.717, 1.165) is 12.1 Å². The fourth-order valence-corrected chi connectivity index (χ4v) is 3.20. The third-order valence-electron chi connectivity index (χ3n) is 4.24. The van der Waals surface area contributed by atoms with Gasteiger partial charge in [-0.1, -0.05) is 11.6 Å². The topological polar surface area (TPSA) is 80.6 Å². The van der Waals surface area contributed by atoms with Gasteiger partial charge in [0.1, 0.15) is 17.6 Å². The number of amides is 2. The van der Waals surface area contributed by atoms with Crippen molar-refractivity contribution in [3.63, 3.8) is 0 Å². The van der Waals surface area contributed by atoms with E-state index in [-0.39, 0.29) is 34.3 Å². The molecule has 0 bridgehead atoms. The Bertz CT molecular complexity index is 998. The van der Waals surface area contributed by atoms with Crippen LogP contribution in [0.4, 0.5) is 18.0 Å². The molecule has 0 fully saturated rings. The first kappa shape index (κ1) is 20.8. The second-order valence-corrected chi connectivity index (χ2v) is 6.59. The average Bonchev–Trinajstić information content (AvgIpc) is 3.10. The predicted octanol–water partition coefficient (Wildman–Crippen LogP) is 4.81. The number of carbonyl (C=O) groups is 2. The van der Waals surface area contributed by atoms with Gasteiger partial charge < -0.3 is 19.8 Å². The first-order valence-corrected chi connectivity index (χ1v) is 8.92. The van der Waals surface area contributed by atoms with Crippen LogP contribution in [-0.4, -0.2) is 18.6 Å². The minimum absolute atomic E-state index is 0.140. The summed E-state index contributed by atoms with van der Waals surface area (Å²) in [5, 5.41) is 4.93. The molecule has 29 heavy (non-hydrogen) atoms. The van der Waals surface area contributed by atoms with E-state index in [4.69, 9.17) is 20.8 Å². The number of benzene rings is 1. The Morgan fingerprint density at radius 1 is 1.28 bits per heavy atom. The maximum atomic E-state index is 12.8. The third kappa shape index (κ3) is 4.24. The Labute approximate surface area is 168 Å². The highest BCUT2D eigenvalue weighted by molar-refractivity contribution is 6.33. The van der Waals surface area contributed by atoms with Crippen LogP contribution in [0.1, 0.15) is 31.2 Å². The van der Waals surface area contributed by atoms with Crippen LogP contribution in [0, 0.1) is 0 Å². The minimum atomic E-state index is -4.52. The lowest BCUT2D eigenvalue weighted by Gasteiger charge is -2.26. The molecule has 0 aliphatic carbocycles. The highest BCUT2D eigenvalue weighted by atomic mass is 35.5. The van der Waals surface area contributed by atoms with Crippen molar-refractivity contribution in [2.45, 2.75) is 26.1 Å². The van der Waals surface area contributed by atoms with Gasteiger partial charge in [-0.15, -0.1) is 0 Å². The van der Waals surface area contributed by atoms with E-state index in [9.17, 15) is 22.8 Å². The summed E-state index contributed by atoms with van der Waals surface area (Å²) >= 11 is 6.01. The Balaban J connectivity index is 1.97. The molecule has 0 saturated heterocycles. The summed E-state index contributed by atoms with van der Waals surface area (Å²) in [7, 11) is 0. The Morgan fingerprint density at radius 2 is 2.00 bits per heavy atom. The summed E-state index contributed by atoms with van der Waals surface area (Å²) in [5.74, 6) is -0.242. The van der Waals surface area contributed by atoms with E-state index in [2.05, 4.69) is 10.6 Å². The molecule has 1 atom stereocenters. The highest BCUT2D eigenvalue weighted by Gasteiger charge is 2.35. The van der Waals surface area contributed by atoms with Gasteiger partial charge in [0.25, 0.3) is 0 Å². The van der Waals surface area contributed by atoms with Crippen LogP contribution in [0.5, 0.6) is 0 Å². The zero-order chi connectivity index (χ0) is 21.3. The van der Waals surface area contributed by atoms with Crippen LogP contribution in [0.2, 0.25) is 5.02 Å². The van der Waals surface area contributed by atoms with Gasteiger partial charge >= 0.3 is 18.2 Å². The van der Waals surface area contributed by atoms with Gasteiger partial charge in [-0.3, -0.25) is 0 Å². The highest BCUT2D eigenvalue weighted by Crippen LogP contribution is 2.38. The molecule has 2 heterocycles. The molecule has 0 spiro atoms. The van der Waals surface area contributed by atoms with Crippen molar-refractivity contribution in [1.29, 1.82) is 0 Å². The number of allylic oxidation sites excluding steroid dienone is 1. The number of hydrogen-bond donors (Lipinski definition) is 2. The van der Waals surface area contributed by atoms with Crippen molar-refractivity contribution in [3.8, 4) is 11.3 Å². The number of nitrogens with one attached hydrogen (secondary N) is 2. The molecule has 1 aromatic carbocycles. The molecule has 3 rings (SSSR count). The molecule has 2 N–H and O–H groups in total. The SMILES string of the molecule is CCOC(=O)C1=C(C)NC(=O)N[C@H]1c1ccc(-c2ccc(C(F)(F)F)cc2Cl)o1. The Morgan fingerprint density at radius 3 is 2.62 bits per heavy atom. The third-order valence-corrected chi connectivity index (χ3v) is 4.55. The van der Waals surface area contributed by atoms with Crippen molar-refractivity contribution >= 4 is 23.6 Å². The summed E-state index contributed by atoms with van der Waals surface area (Å²) in [4.78, 5) is 24.2. The Kier molecular flexibility index (Phi) is 5.61. The lowest BCUT2D eigenvalue weighted by molar-refractivity contribution is -0.139. The summed E-state index contributed by atoms with van der Waals surface area (Å²) in [6.07, 6.45) is -4.52. The number of carbonyl (C=O) groups excluding carboxylic acids is 2. The molecule has 0 saturated carbocycles. The first-order chi connectivity index (χ1) is 13.6. The molecule has 0 unspecified atom stereocenters. The van der Waals surface area contributed by atoms with E-state index in [1.807, 2.05) is 0 Å². The normalized spacial score (nSPS) is 17.0. The monoisotopic (exact) mass is 428 g/mol. The van der Waals surface area contributed by atoms with Gasteiger partial charge in [-0.05, 0) is 44.2 Å². The van der Waals surface area contributed by atoms with Crippen LogP contribution in [0.15, 0.2) is 46.0 Å². The number of rotatable bonds is 4. The van der Waals surface area contributed by atoms with Gasteiger partial charge in [0.2, 0.25) is 0 Å². The van der Waals surface area contributed by atoms with Crippen LogP contribution in [0.3, 0.4) is 0 Å². The number of ether oxygens (including phenoxy) is 1. The molecule has 1 aromatic heterocycles. The molecular weight excluding hydrogens is 413 g/mol. The molecule has 0 radical (unpaired) electrons. The first-order valence-electron chi connectivity index (χ1n) is 8.54. The zero-order valence-electron chi connectivity index (χ0n) is 15.3. The van der Waals surface area contributed by atoms with Gasteiger partial charge in [0, 0.05) is 11.3 Å². The van der Waals surface area contributed by atoms with Gasteiger partial charge in [-0.25, -0.2) is 9.59 Å². The standard InChI is InChI=1S/C19H16ClF3N2O4/c1-3-28-17(26)15-9(2)24-18(27)25-16(15)14-7-6-13(29-14)11-5-4-10(8-12(11)20)19(21,22)23/h4-8,16H,3H2,1-2H3,(H2,24,25,27)/t16-/m0/s1. The maximum absolute atomic E-state index is 12.8. The van der Waals surface area contributed by atoms with E-state index in [0.29, 0.717) is 5.70 Å². The molecule has 2 amide bonds. The maximum Gasteiger partial charge on any atom is 0.416 e. The quantitative estimate of drug-likeness (QED) is 0.685. The predicted molar refractivity (Wildman–Crippen MR) is 97.9 cm³/mol. The summed E-state index contributed by atoms with van der Waals surface area (Å²) in [5.41, 5.74) is -0.176. The molecule has 6 nitrogen and oxygen atoms in total. The summed E-state index contributed by atoms with van der Waals surface area (Å²) in [6, 6.07) is 4.43. The van der Waals surface area contributed by atoms with Crippen LogP contribution < -0.4 is 10.6 Å². The second kappa shape index (κ2) is 7.82. The number of alkyl halides is 3. The van der Waals surface area contributed by atoms with Crippen molar-refractivity contribution in [2.24, 2.45) is 0 Å². The summed E-state index contributed by atoms with van der Waals surface area (Å²) in [6.45, 7) is 3.34.